The smallest absolute Gasteiger partial charge is 0.130 e. The van der Waals surface area contributed by atoms with E-state index in [9.17, 15) is 0 Å². The van der Waals surface area contributed by atoms with Crippen molar-refractivity contribution in [1.29, 1.82) is 0 Å². The van der Waals surface area contributed by atoms with Crippen molar-refractivity contribution in [3.8, 4) is 0 Å². The predicted octanol–water partition coefficient (Wildman–Crippen LogP) is 3.52. The molecule has 0 bridgehead atoms. The molecule has 1 heterocycles. The standard InChI is InChI=1S/C12H15NOS/c1-9-6-7-12(14-9)10-4-3-5-11(8-10)13-15-2/h5-8,13H,3-4H2,1-2H3. The van der Waals surface area contributed by atoms with Gasteiger partial charge in [-0.1, -0.05) is 18.0 Å². The zero-order valence-electron chi connectivity index (χ0n) is 9.04. The van der Waals surface area contributed by atoms with E-state index in [0.29, 0.717) is 0 Å². The molecular formula is C12H15NOS. The van der Waals surface area contributed by atoms with Crippen LogP contribution in [0, 0.1) is 6.92 Å². The van der Waals surface area contributed by atoms with Gasteiger partial charge in [-0.05, 0) is 43.5 Å². The third-order valence-electron chi connectivity index (χ3n) is 2.38. The normalized spacial score (nSPS) is 15.9. The molecule has 0 saturated heterocycles. The van der Waals surface area contributed by atoms with Crippen LogP contribution < -0.4 is 4.72 Å². The molecule has 80 valence electrons. The van der Waals surface area contributed by atoms with Crippen LogP contribution in [-0.4, -0.2) is 6.26 Å². The Morgan fingerprint density at radius 1 is 1.40 bits per heavy atom. The molecule has 1 aliphatic rings. The van der Waals surface area contributed by atoms with Crippen LogP contribution in [0.3, 0.4) is 0 Å². The summed E-state index contributed by atoms with van der Waals surface area (Å²) >= 11 is 1.62. The first kappa shape index (κ1) is 10.4. The lowest BCUT2D eigenvalue weighted by Gasteiger charge is -2.12. The number of hydrogen-bond donors (Lipinski definition) is 1. The highest BCUT2D eigenvalue weighted by Gasteiger charge is 2.10. The van der Waals surface area contributed by atoms with Gasteiger partial charge in [0.1, 0.15) is 11.5 Å². The number of allylic oxidation sites excluding steroid dienone is 3. The van der Waals surface area contributed by atoms with E-state index in [-0.39, 0.29) is 0 Å². The van der Waals surface area contributed by atoms with Gasteiger partial charge in [0.25, 0.3) is 0 Å². The maximum absolute atomic E-state index is 5.62. The van der Waals surface area contributed by atoms with Crippen molar-refractivity contribution in [1.82, 2.24) is 4.72 Å². The average molecular weight is 221 g/mol. The summed E-state index contributed by atoms with van der Waals surface area (Å²) in [5.41, 5.74) is 2.46. The SMILES string of the molecule is CSNC1=CCCC(c2ccc(C)o2)=C1. The lowest BCUT2D eigenvalue weighted by atomic mass is 10.0. The van der Waals surface area contributed by atoms with E-state index >= 15 is 0 Å². The van der Waals surface area contributed by atoms with Crippen molar-refractivity contribution in [2.45, 2.75) is 19.8 Å². The zero-order chi connectivity index (χ0) is 10.7. The molecule has 2 rings (SSSR count). The van der Waals surface area contributed by atoms with E-state index < -0.39 is 0 Å². The van der Waals surface area contributed by atoms with Crippen molar-refractivity contribution in [2.75, 3.05) is 6.26 Å². The molecule has 0 aromatic carbocycles. The molecule has 0 unspecified atom stereocenters. The van der Waals surface area contributed by atoms with E-state index in [1.54, 1.807) is 11.9 Å². The monoisotopic (exact) mass is 221 g/mol. The highest BCUT2D eigenvalue weighted by Crippen LogP contribution is 2.27. The highest BCUT2D eigenvalue weighted by atomic mass is 32.2. The van der Waals surface area contributed by atoms with Gasteiger partial charge in [-0.3, -0.25) is 0 Å². The molecule has 0 atom stereocenters. The van der Waals surface area contributed by atoms with Gasteiger partial charge >= 0.3 is 0 Å². The van der Waals surface area contributed by atoms with Crippen molar-refractivity contribution >= 4 is 17.5 Å². The van der Waals surface area contributed by atoms with E-state index in [0.717, 1.165) is 24.4 Å². The summed E-state index contributed by atoms with van der Waals surface area (Å²) < 4.78 is 8.87. The topological polar surface area (TPSA) is 25.2 Å². The highest BCUT2D eigenvalue weighted by molar-refractivity contribution is 7.96. The first-order chi connectivity index (χ1) is 7.29. The Morgan fingerprint density at radius 3 is 2.93 bits per heavy atom. The van der Waals surface area contributed by atoms with Crippen LogP contribution in [-0.2, 0) is 0 Å². The molecule has 2 nitrogen and oxygen atoms in total. The molecule has 1 aliphatic carbocycles. The van der Waals surface area contributed by atoms with Crippen molar-refractivity contribution in [3.63, 3.8) is 0 Å². The Kier molecular flexibility index (Phi) is 3.21. The van der Waals surface area contributed by atoms with Gasteiger partial charge in [0.2, 0.25) is 0 Å². The molecule has 0 radical (unpaired) electrons. The lowest BCUT2D eigenvalue weighted by Crippen LogP contribution is -2.03. The zero-order valence-corrected chi connectivity index (χ0v) is 9.86. The predicted molar refractivity (Wildman–Crippen MR) is 65.4 cm³/mol. The van der Waals surface area contributed by atoms with Gasteiger partial charge in [0.05, 0.1) is 0 Å². The van der Waals surface area contributed by atoms with Crippen LogP contribution in [0.1, 0.15) is 24.4 Å². The second-order valence-corrected chi connectivity index (χ2v) is 4.20. The number of nitrogens with one attached hydrogen (secondary N) is 1. The fraction of sp³-hybridized carbons (Fsp3) is 0.333. The number of furan rings is 1. The fourth-order valence-electron chi connectivity index (χ4n) is 1.69. The quantitative estimate of drug-likeness (QED) is 0.791. The minimum atomic E-state index is 0.972. The van der Waals surface area contributed by atoms with Crippen molar-refractivity contribution < 1.29 is 4.42 Å². The Balaban J connectivity index is 2.19. The summed E-state index contributed by atoms with van der Waals surface area (Å²) in [7, 11) is 0. The maximum Gasteiger partial charge on any atom is 0.130 e. The van der Waals surface area contributed by atoms with Gasteiger partial charge in [-0.15, -0.1) is 0 Å². The molecule has 0 spiro atoms. The molecule has 1 N–H and O–H groups in total. The summed E-state index contributed by atoms with van der Waals surface area (Å²) in [4.78, 5) is 0. The Morgan fingerprint density at radius 2 is 2.27 bits per heavy atom. The number of hydrogen-bond acceptors (Lipinski definition) is 3. The summed E-state index contributed by atoms with van der Waals surface area (Å²) in [6, 6.07) is 4.05. The van der Waals surface area contributed by atoms with Crippen LogP contribution in [0.2, 0.25) is 0 Å². The third-order valence-corrected chi connectivity index (χ3v) is 2.82. The largest absolute Gasteiger partial charge is 0.462 e. The molecule has 1 aromatic rings. The molecule has 3 heteroatoms. The second kappa shape index (κ2) is 4.62. The van der Waals surface area contributed by atoms with Crippen LogP contribution in [0.25, 0.3) is 5.57 Å². The van der Waals surface area contributed by atoms with E-state index in [1.807, 2.05) is 25.3 Å². The number of aryl methyl sites for hydroxylation is 1. The van der Waals surface area contributed by atoms with E-state index in [2.05, 4.69) is 16.9 Å². The van der Waals surface area contributed by atoms with Crippen LogP contribution >= 0.6 is 11.9 Å². The summed E-state index contributed by atoms with van der Waals surface area (Å²) in [6.07, 6.45) is 8.55. The molecule has 0 amide bonds. The van der Waals surface area contributed by atoms with E-state index in [4.69, 9.17) is 4.42 Å². The van der Waals surface area contributed by atoms with Gasteiger partial charge in [-0.25, -0.2) is 0 Å². The molecule has 0 aliphatic heterocycles. The molecule has 15 heavy (non-hydrogen) atoms. The second-order valence-electron chi connectivity index (χ2n) is 3.58. The minimum Gasteiger partial charge on any atom is -0.462 e. The molecule has 1 aromatic heterocycles. The van der Waals surface area contributed by atoms with Crippen LogP contribution in [0.5, 0.6) is 0 Å². The minimum absolute atomic E-state index is 0.972. The molecule has 0 saturated carbocycles. The summed E-state index contributed by atoms with van der Waals surface area (Å²) in [5.74, 6) is 1.97. The Bertz CT molecular complexity index is 404. The van der Waals surface area contributed by atoms with Crippen LogP contribution in [0.15, 0.2) is 34.4 Å². The summed E-state index contributed by atoms with van der Waals surface area (Å²) in [6.45, 7) is 1.98. The first-order valence-electron chi connectivity index (χ1n) is 5.06. The third kappa shape index (κ3) is 2.48. The van der Waals surface area contributed by atoms with Gasteiger partial charge < -0.3 is 9.14 Å². The number of rotatable bonds is 3. The average Bonchev–Trinajstić information content (AvgIpc) is 2.66. The lowest BCUT2D eigenvalue weighted by molar-refractivity contribution is 0.519. The van der Waals surface area contributed by atoms with Crippen LogP contribution in [0.4, 0.5) is 0 Å². The van der Waals surface area contributed by atoms with E-state index in [1.165, 1.54) is 11.3 Å². The molecular weight excluding hydrogens is 206 g/mol. The van der Waals surface area contributed by atoms with Crippen molar-refractivity contribution in [2.24, 2.45) is 0 Å². The Labute approximate surface area is 94.6 Å². The Hall–Kier alpha value is -1.09. The fourth-order valence-corrected chi connectivity index (χ4v) is 2.07. The first-order valence-corrected chi connectivity index (χ1v) is 6.28. The summed E-state index contributed by atoms with van der Waals surface area (Å²) in [5, 5.41) is 0. The van der Waals surface area contributed by atoms with Gasteiger partial charge in [-0.2, -0.15) is 0 Å². The van der Waals surface area contributed by atoms with Gasteiger partial charge in [0, 0.05) is 12.0 Å². The maximum atomic E-state index is 5.62. The molecule has 0 fully saturated rings. The van der Waals surface area contributed by atoms with Gasteiger partial charge in [0.15, 0.2) is 0 Å². The van der Waals surface area contributed by atoms with Crippen molar-refractivity contribution in [3.05, 3.63) is 41.5 Å².